The van der Waals surface area contributed by atoms with Crippen LogP contribution in [0.2, 0.25) is 0 Å². The van der Waals surface area contributed by atoms with Gasteiger partial charge in [-0.05, 0) is 51.6 Å². The molecule has 1 saturated carbocycles. The van der Waals surface area contributed by atoms with Gasteiger partial charge in [0.25, 0.3) is 0 Å². The molecule has 2 aliphatic rings. The molecule has 2 fully saturated rings. The lowest BCUT2D eigenvalue weighted by atomic mass is 9.79. The molecule has 2 rings (SSSR count). The van der Waals surface area contributed by atoms with Crippen molar-refractivity contribution in [3.8, 4) is 0 Å². The summed E-state index contributed by atoms with van der Waals surface area (Å²) < 4.78 is 0. The van der Waals surface area contributed by atoms with Crippen molar-refractivity contribution in [2.24, 2.45) is 0 Å². The third-order valence-electron chi connectivity index (χ3n) is 4.56. The quantitative estimate of drug-likeness (QED) is 0.832. The molecule has 17 heavy (non-hydrogen) atoms. The minimum absolute atomic E-state index is 0.470. The molecule has 0 radical (unpaired) electrons. The van der Waals surface area contributed by atoms with E-state index in [1.165, 1.54) is 76.1 Å². The number of rotatable bonds is 4. The summed E-state index contributed by atoms with van der Waals surface area (Å²) in [5.74, 6) is 2.71. The van der Waals surface area contributed by atoms with Gasteiger partial charge in [-0.1, -0.05) is 19.3 Å². The molecular formula is C14H28N2S. The summed E-state index contributed by atoms with van der Waals surface area (Å²) in [6.07, 6.45) is 9.83. The van der Waals surface area contributed by atoms with Crippen molar-refractivity contribution >= 4 is 11.8 Å². The number of nitrogens with one attached hydrogen (secondary N) is 1. The monoisotopic (exact) mass is 256 g/mol. The summed E-state index contributed by atoms with van der Waals surface area (Å²) in [6, 6.07) is 0. The highest BCUT2D eigenvalue weighted by Crippen LogP contribution is 2.31. The van der Waals surface area contributed by atoms with Crippen molar-refractivity contribution in [3.63, 3.8) is 0 Å². The Bertz CT molecular complexity index is 206. The van der Waals surface area contributed by atoms with Gasteiger partial charge in [-0.3, -0.25) is 0 Å². The first-order valence-corrected chi connectivity index (χ1v) is 8.49. The first kappa shape index (κ1) is 13.7. The van der Waals surface area contributed by atoms with Crippen LogP contribution in [-0.2, 0) is 0 Å². The van der Waals surface area contributed by atoms with E-state index in [2.05, 4.69) is 29.0 Å². The lowest BCUT2D eigenvalue weighted by Crippen LogP contribution is -2.47. The minimum Gasteiger partial charge on any atom is -0.314 e. The maximum atomic E-state index is 3.64. The van der Waals surface area contributed by atoms with Gasteiger partial charge in [-0.2, -0.15) is 11.8 Å². The summed E-state index contributed by atoms with van der Waals surface area (Å²) in [5.41, 5.74) is 0.470. The van der Waals surface area contributed by atoms with Crippen LogP contribution < -0.4 is 5.32 Å². The van der Waals surface area contributed by atoms with E-state index in [4.69, 9.17) is 0 Å². The van der Waals surface area contributed by atoms with E-state index in [-0.39, 0.29) is 0 Å². The summed E-state index contributed by atoms with van der Waals surface area (Å²) in [4.78, 5) is 2.69. The van der Waals surface area contributed by atoms with E-state index in [9.17, 15) is 0 Å². The van der Waals surface area contributed by atoms with E-state index >= 15 is 0 Å². The van der Waals surface area contributed by atoms with E-state index < -0.39 is 0 Å². The van der Waals surface area contributed by atoms with Gasteiger partial charge in [0.15, 0.2) is 0 Å². The number of nitrogens with zero attached hydrogens (tertiary/aromatic N) is 1. The van der Waals surface area contributed by atoms with Crippen LogP contribution in [0, 0.1) is 0 Å². The smallest absolute Gasteiger partial charge is 0.0190 e. The molecule has 1 N–H and O–H groups in total. The average Bonchev–Trinajstić information content (AvgIpc) is 2.66. The fraction of sp³-hybridized carbons (Fsp3) is 1.00. The predicted molar refractivity (Wildman–Crippen MR) is 77.9 cm³/mol. The first-order valence-electron chi connectivity index (χ1n) is 7.34. The highest BCUT2D eigenvalue weighted by molar-refractivity contribution is 7.99. The molecule has 0 aromatic carbocycles. The Balaban J connectivity index is 1.77. The molecule has 0 aromatic heterocycles. The van der Waals surface area contributed by atoms with E-state index in [0.717, 1.165) is 0 Å². The molecule has 1 aliphatic carbocycles. The molecule has 0 bridgehead atoms. The Morgan fingerprint density at radius 3 is 2.65 bits per heavy atom. The second-order valence-corrected chi connectivity index (χ2v) is 6.87. The first-order chi connectivity index (χ1) is 8.35. The van der Waals surface area contributed by atoms with Crippen LogP contribution in [0.4, 0.5) is 0 Å². The molecule has 3 heteroatoms. The Morgan fingerprint density at radius 2 is 1.88 bits per heavy atom. The maximum Gasteiger partial charge on any atom is 0.0190 e. The topological polar surface area (TPSA) is 15.3 Å². The van der Waals surface area contributed by atoms with Gasteiger partial charge in [0.05, 0.1) is 0 Å². The molecular weight excluding hydrogens is 228 g/mol. The van der Waals surface area contributed by atoms with Crippen LogP contribution in [0.3, 0.4) is 0 Å². The SMILES string of the molecule is CNC1(CCN2CCCSCC2)CCCCC1. The Morgan fingerprint density at radius 1 is 1.06 bits per heavy atom. The van der Waals surface area contributed by atoms with Crippen LogP contribution in [0.15, 0.2) is 0 Å². The van der Waals surface area contributed by atoms with Crippen LogP contribution >= 0.6 is 11.8 Å². The van der Waals surface area contributed by atoms with Crippen LogP contribution in [0.5, 0.6) is 0 Å². The van der Waals surface area contributed by atoms with Gasteiger partial charge in [0, 0.05) is 17.8 Å². The summed E-state index contributed by atoms with van der Waals surface area (Å²) >= 11 is 2.13. The van der Waals surface area contributed by atoms with Crippen LogP contribution in [0.25, 0.3) is 0 Å². The van der Waals surface area contributed by atoms with Gasteiger partial charge < -0.3 is 10.2 Å². The predicted octanol–water partition coefficient (Wildman–Crippen LogP) is 2.74. The molecule has 1 aliphatic heterocycles. The molecule has 0 amide bonds. The minimum atomic E-state index is 0.470. The van der Waals surface area contributed by atoms with Crippen molar-refractivity contribution in [2.45, 2.75) is 50.5 Å². The molecule has 0 spiro atoms. The third-order valence-corrected chi connectivity index (χ3v) is 5.61. The van der Waals surface area contributed by atoms with Crippen molar-refractivity contribution in [1.82, 2.24) is 10.2 Å². The van der Waals surface area contributed by atoms with E-state index in [1.807, 2.05) is 0 Å². The molecule has 2 nitrogen and oxygen atoms in total. The average molecular weight is 256 g/mol. The van der Waals surface area contributed by atoms with Crippen molar-refractivity contribution in [1.29, 1.82) is 0 Å². The van der Waals surface area contributed by atoms with Crippen molar-refractivity contribution < 1.29 is 0 Å². The lowest BCUT2D eigenvalue weighted by Gasteiger charge is -2.38. The third kappa shape index (κ3) is 4.15. The van der Waals surface area contributed by atoms with Crippen LogP contribution in [0.1, 0.15) is 44.9 Å². The maximum absolute atomic E-state index is 3.64. The standard InChI is InChI=1S/C14H28N2S/c1-15-14(6-3-2-4-7-14)8-10-16-9-5-12-17-13-11-16/h15H,2-13H2,1H3. The molecule has 0 atom stereocenters. The number of hydrogen-bond donors (Lipinski definition) is 1. The highest BCUT2D eigenvalue weighted by Gasteiger charge is 2.30. The lowest BCUT2D eigenvalue weighted by molar-refractivity contribution is 0.187. The van der Waals surface area contributed by atoms with Gasteiger partial charge in [0.1, 0.15) is 0 Å². The van der Waals surface area contributed by atoms with Gasteiger partial charge in [0.2, 0.25) is 0 Å². The van der Waals surface area contributed by atoms with Crippen LogP contribution in [-0.4, -0.2) is 48.6 Å². The summed E-state index contributed by atoms with van der Waals surface area (Å²) in [6.45, 7) is 3.94. The van der Waals surface area contributed by atoms with E-state index in [0.29, 0.717) is 5.54 Å². The molecule has 100 valence electrons. The highest BCUT2D eigenvalue weighted by atomic mass is 32.2. The number of thioether (sulfide) groups is 1. The number of hydrogen-bond acceptors (Lipinski definition) is 3. The zero-order valence-electron chi connectivity index (χ0n) is 11.3. The van der Waals surface area contributed by atoms with Crippen molar-refractivity contribution in [3.05, 3.63) is 0 Å². The van der Waals surface area contributed by atoms with E-state index in [1.54, 1.807) is 0 Å². The Hall–Kier alpha value is 0.270. The van der Waals surface area contributed by atoms with Crippen molar-refractivity contribution in [2.75, 3.05) is 38.2 Å². The second kappa shape index (κ2) is 7.01. The zero-order valence-corrected chi connectivity index (χ0v) is 12.2. The van der Waals surface area contributed by atoms with Gasteiger partial charge >= 0.3 is 0 Å². The summed E-state index contributed by atoms with van der Waals surface area (Å²) in [7, 11) is 2.17. The fourth-order valence-corrected chi connectivity index (χ4v) is 4.17. The normalized spacial score (nSPS) is 26.6. The molecule has 1 heterocycles. The molecule has 1 saturated heterocycles. The Kier molecular flexibility index (Phi) is 5.64. The second-order valence-electron chi connectivity index (χ2n) is 5.65. The zero-order chi connectivity index (χ0) is 12.0. The molecule has 0 unspecified atom stereocenters. The van der Waals surface area contributed by atoms with Gasteiger partial charge in [-0.25, -0.2) is 0 Å². The largest absolute Gasteiger partial charge is 0.314 e. The molecule has 0 aromatic rings. The van der Waals surface area contributed by atoms with Gasteiger partial charge in [-0.15, -0.1) is 0 Å². The summed E-state index contributed by atoms with van der Waals surface area (Å²) in [5, 5.41) is 3.64. The fourth-order valence-electron chi connectivity index (χ4n) is 3.25. The Labute approximate surface area is 111 Å².